The highest BCUT2D eigenvalue weighted by Crippen LogP contribution is 2.23. The van der Waals surface area contributed by atoms with Crippen molar-refractivity contribution >= 4 is 28.5 Å². The summed E-state index contributed by atoms with van der Waals surface area (Å²) in [7, 11) is 0. The molecular formula is C16H12F2N4O2. The highest BCUT2D eigenvalue weighted by atomic mass is 19.1. The van der Waals surface area contributed by atoms with Gasteiger partial charge in [0.1, 0.15) is 17.2 Å². The number of amides is 2. The standard InChI is InChI=1S/C16H12F2N4O2/c1-7-11(18)2-8(15(19)23)3-12(7)22-16(24)10-4-9(17)5-13-14(10)21-6-20-13/h2-6H,1H3,(H2,19,23)(H,20,21)(H,22,24). The molecule has 2 aromatic carbocycles. The van der Waals surface area contributed by atoms with Crippen molar-refractivity contribution in [2.24, 2.45) is 5.73 Å². The van der Waals surface area contributed by atoms with Crippen molar-refractivity contribution in [1.82, 2.24) is 9.97 Å². The molecule has 24 heavy (non-hydrogen) atoms. The molecule has 3 aromatic rings. The minimum Gasteiger partial charge on any atom is -0.366 e. The SMILES string of the molecule is Cc1c(F)cc(C(N)=O)cc1NC(=O)c1cc(F)cc2[nH]cnc12. The van der Waals surface area contributed by atoms with Crippen LogP contribution in [0, 0.1) is 18.6 Å². The second-order valence-electron chi connectivity index (χ2n) is 5.20. The molecule has 0 aliphatic carbocycles. The molecule has 0 radical (unpaired) electrons. The van der Waals surface area contributed by atoms with Crippen LogP contribution in [0.15, 0.2) is 30.6 Å². The van der Waals surface area contributed by atoms with Crippen molar-refractivity contribution in [1.29, 1.82) is 0 Å². The van der Waals surface area contributed by atoms with E-state index < -0.39 is 23.4 Å². The predicted molar refractivity (Wildman–Crippen MR) is 83.7 cm³/mol. The molecule has 1 heterocycles. The van der Waals surface area contributed by atoms with Crippen molar-refractivity contribution in [3.8, 4) is 0 Å². The molecule has 6 nitrogen and oxygen atoms in total. The number of anilines is 1. The van der Waals surface area contributed by atoms with E-state index in [2.05, 4.69) is 15.3 Å². The summed E-state index contributed by atoms with van der Waals surface area (Å²) >= 11 is 0. The monoisotopic (exact) mass is 330 g/mol. The highest BCUT2D eigenvalue weighted by Gasteiger charge is 2.17. The summed E-state index contributed by atoms with van der Waals surface area (Å²) in [5, 5.41) is 2.46. The van der Waals surface area contributed by atoms with Gasteiger partial charge in [-0.2, -0.15) is 0 Å². The number of primary amides is 1. The van der Waals surface area contributed by atoms with Gasteiger partial charge in [0, 0.05) is 16.8 Å². The van der Waals surface area contributed by atoms with Gasteiger partial charge in [0.2, 0.25) is 5.91 Å². The van der Waals surface area contributed by atoms with Gasteiger partial charge in [-0.25, -0.2) is 13.8 Å². The van der Waals surface area contributed by atoms with Crippen LogP contribution >= 0.6 is 0 Å². The second-order valence-corrected chi connectivity index (χ2v) is 5.20. The van der Waals surface area contributed by atoms with E-state index >= 15 is 0 Å². The molecule has 0 atom stereocenters. The summed E-state index contributed by atoms with van der Waals surface area (Å²) in [5.74, 6) is -2.82. The van der Waals surface area contributed by atoms with Crippen LogP contribution in [0.25, 0.3) is 11.0 Å². The molecular weight excluding hydrogens is 318 g/mol. The molecule has 8 heteroatoms. The summed E-state index contributed by atoms with van der Waals surface area (Å²) in [6.07, 6.45) is 1.33. The molecule has 4 N–H and O–H groups in total. The largest absolute Gasteiger partial charge is 0.366 e. The fourth-order valence-corrected chi connectivity index (χ4v) is 2.33. The Bertz CT molecular complexity index is 982. The first-order valence-electron chi connectivity index (χ1n) is 6.90. The first kappa shape index (κ1) is 15.6. The maximum absolute atomic E-state index is 13.9. The molecule has 0 fully saturated rings. The van der Waals surface area contributed by atoms with Crippen LogP contribution in [0.3, 0.4) is 0 Å². The van der Waals surface area contributed by atoms with Crippen molar-refractivity contribution in [3.63, 3.8) is 0 Å². The topological polar surface area (TPSA) is 101 Å². The minimum absolute atomic E-state index is 0.0180. The Morgan fingerprint density at radius 3 is 2.67 bits per heavy atom. The Labute approximate surface area is 134 Å². The number of hydrogen-bond acceptors (Lipinski definition) is 3. The van der Waals surface area contributed by atoms with Crippen molar-refractivity contribution < 1.29 is 18.4 Å². The number of carbonyl (C=O) groups is 2. The fraction of sp³-hybridized carbons (Fsp3) is 0.0625. The van der Waals surface area contributed by atoms with Gasteiger partial charge in [0.05, 0.1) is 17.4 Å². The van der Waals surface area contributed by atoms with E-state index in [-0.39, 0.29) is 27.9 Å². The van der Waals surface area contributed by atoms with Gasteiger partial charge in [-0.3, -0.25) is 9.59 Å². The van der Waals surface area contributed by atoms with Gasteiger partial charge in [-0.1, -0.05) is 0 Å². The van der Waals surface area contributed by atoms with Crippen molar-refractivity contribution in [2.45, 2.75) is 6.92 Å². The maximum atomic E-state index is 13.9. The average molecular weight is 330 g/mol. The molecule has 0 saturated carbocycles. The number of carbonyl (C=O) groups excluding carboxylic acids is 2. The van der Waals surface area contributed by atoms with Crippen LogP contribution in [0.5, 0.6) is 0 Å². The van der Waals surface area contributed by atoms with E-state index in [0.717, 1.165) is 12.1 Å². The van der Waals surface area contributed by atoms with Crippen LogP contribution in [0.4, 0.5) is 14.5 Å². The van der Waals surface area contributed by atoms with Gasteiger partial charge in [0.25, 0.3) is 5.91 Å². The van der Waals surface area contributed by atoms with Gasteiger partial charge in [0.15, 0.2) is 0 Å². The zero-order chi connectivity index (χ0) is 17.4. The number of fused-ring (bicyclic) bond motifs is 1. The number of H-pyrrole nitrogens is 1. The predicted octanol–water partition coefficient (Wildman–Crippen LogP) is 2.50. The average Bonchev–Trinajstić information content (AvgIpc) is 2.98. The number of nitrogens with two attached hydrogens (primary N) is 1. The third kappa shape index (κ3) is 2.69. The Morgan fingerprint density at radius 2 is 1.96 bits per heavy atom. The summed E-state index contributed by atoms with van der Waals surface area (Å²) in [6, 6.07) is 4.49. The number of aromatic nitrogens is 2. The van der Waals surface area contributed by atoms with E-state index in [1.54, 1.807) is 0 Å². The quantitative estimate of drug-likeness (QED) is 0.688. The fourth-order valence-electron chi connectivity index (χ4n) is 2.33. The van der Waals surface area contributed by atoms with E-state index in [0.29, 0.717) is 5.52 Å². The lowest BCUT2D eigenvalue weighted by atomic mass is 10.1. The molecule has 3 rings (SSSR count). The Balaban J connectivity index is 2.03. The smallest absolute Gasteiger partial charge is 0.258 e. The van der Waals surface area contributed by atoms with E-state index in [4.69, 9.17) is 5.73 Å². The van der Waals surface area contributed by atoms with E-state index in [1.165, 1.54) is 25.4 Å². The molecule has 122 valence electrons. The molecule has 0 saturated heterocycles. The lowest BCUT2D eigenvalue weighted by molar-refractivity contribution is 0.0996. The summed E-state index contributed by atoms with van der Waals surface area (Å²) < 4.78 is 27.5. The third-order valence-corrected chi connectivity index (χ3v) is 3.61. The number of aromatic amines is 1. The number of nitrogens with one attached hydrogen (secondary N) is 2. The highest BCUT2D eigenvalue weighted by molar-refractivity contribution is 6.12. The zero-order valence-corrected chi connectivity index (χ0v) is 12.5. The molecule has 1 aromatic heterocycles. The summed E-state index contributed by atoms with van der Waals surface area (Å²) in [6.45, 7) is 1.44. The first-order chi connectivity index (χ1) is 11.4. The molecule has 0 bridgehead atoms. The Kier molecular flexibility index (Phi) is 3.72. The number of benzene rings is 2. The second kappa shape index (κ2) is 5.73. The first-order valence-corrected chi connectivity index (χ1v) is 6.90. The van der Waals surface area contributed by atoms with Gasteiger partial charge < -0.3 is 16.0 Å². The molecule has 0 aliphatic heterocycles. The summed E-state index contributed by atoms with van der Waals surface area (Å²) in [4.78, 5) is 30.4. The van der Waals surface area contributed by atoms with Crippen LogP contribution in [-0.2, 0) is 0 Å². The van der Waals surface area contributed by atoms with Crippen LogP contribution in [0.2, 0.25) is 0 Å². The maximum Gasteiger partial charge on any atom is 0.258 e. The molecule has 0 unspecified atom stereocenters. The number of nitrogens with zero attached hydrogens (tertiary/aromatic N) is 1. The number of imidazole rings is 1. The van der Waals surface area contributed by atoms with E-state index in [1.807, 2.05) is 0 Å². The Morgan fingerprint density at radius 1 is 1.21 bits per heavy atom. The van der Waals surface area contributed by atoms with Crippen molar-refractivity contribution in [2.75, 3.05) is 5.32 Å². The number of hydrogen-bond donors (Lipinski definition) is 3. The third-order valence-electron chi connectivity index (χ3n) is 3.61. The van der Waals surface area contributed by atoms with Crippen molar-refractivity contribution in [3.05, 3.63) is 58.9 Å². The van der Waals surface area contributed by atoms with Gasteiger partial charge >= 0.3 is 0 Å². The molecule has 2 amide bonds. The minimum atomic E-state index is -0.829. The van der Waals surface area contributed by atoms with Gasteiger partial charge in [-0.05, 0) is 31.2 Å². The molecule has 0 spiro atoms. The summed E-state index contributed by atoms with van der Waals surface area (Å²) in [5.41, 5.74) is 5.87. The Hall–Kier alpha value is -3.29. The lowest BCUT2D eigenvalue weighted by Crippen LogP contribution is -2.17. The number of halogens is 2. The molecule has 0 aliphatic rings. The van der Waals surface area contributed by atoms with Gasteiger partial charge in [-0.15, -0.1) is 0 Å². The lowest BCUT2D eigenvalue weighted by Gasteiger charge is -2.11. The normalized spacial score (nSPS) is 10.8. The van der Waals surface area contributed by atoms with E-state index in [9.17, 15) is 18.4 Å². The number of rotatable bonds is 3. The van der Waals surface area contributed by atoms with Crippen LogP contribution < -0.4 is 11.1 Å². The van der Waals surface area contributed by atoms with Crippen LogP contribution in [-0.4, -0.2) is 21.8 Å². The van der Waals surface area contributed by atoms with Crippen LogP contribution in [0.1, 0.15) is 26.3 Å². The zero-order valence-electron chi connectivity index (χ0n) is 12.5.